The Morgan fingerprint density at radius 1 is 0.865 bits per heavy atom. The third-order valence-electron chi connectivity index (χ3n) is 6.05. The van der Waals surface area contributed by atoms with Gasteiger partial charge in [-0.3, -0.25) is 9.59 Å². The highest BCUT2D eigenvalue weighted by Gasteiger charge is 2.24. The third kappa shape index (κ3) is 4.37. The summed E-state index contributed by atoms with van der Waals surface area (Å²) in [7, 11) is 0. The number of aromatic nitrogens is 4. The molecule has 0 bridgehead atoms. The van der Waals surface area contributed by atoms with E-state index >= 15 is 0 Å². The molecule has 37 heavy (non-hydrogen) atoms. The van der Waals surface area contributed by atoms with Crippen LogP contribution in [0.3, 0.4) is 0 Å². The minimum atomic E-state index is -0.531. The van der Waals surface area contributed by atoms with Crippen LogP contribution in [-0.2, 0) is 4.79 Å². The molecule has 3 aromatic carbocycles. The molecule has 0 unspecified atom stereocenters. The number of anilines is 3. The fourth-order valence-corrected chi connectivity index (χ4v) is 4.24. The molecule has 0 atom stereocenters. The van der Waals surface area contributed by atoms with Crippen molar-refractivity contribution in [1.82, 2.24) is 20.2 Å². The molecule has 9 heteroatoms. The molecule has 2 aromatic heterocycles. The minimum Gasteiger partial charge on any atom is -0.366 e. The Bertz CT molecular complexity index is 1680. The first kappa shape index (κ1) is 22.1. The molecule has 1 aliphatic rings. The number of carbonyl (C=O) groups is 2. The van der Waals surface area contributed by atoms with Gasteiger partial charge in [-0.15, -0.1) is 10.2 Å². The first-order chi connectivity index (χ1) is 18.0. The molecular weight excluding hydrogens is 466 g/mol. The van der Waals surface area contributed by atoms with Crippen molar-refractivity contribution in [2.45, 2.75) is 0 Å². The monoisotopic (exact) mass is 487 g/mol. The number of nitrogens with one attached hydrogen (secondary N) is 4. The summed E-state index contributed by atoms with van der Waals surface area (Å²) in [4.78, 5) is 30.2. The molecule has 0 saturated carbocycles. The smallest absolute Gasteiger partial charge is 0.256 e. The van der Waals surface area contributed by atoms with Crippen LogP contribution in [0.4, 0.5) is 17.1 Å². The molecule has 0 aliphatic carbocycles. The van der Waals surface area contributed by atoms with E-state index in [0.717, 1.165) is 28.1 Å². The Balaban J connectivity index is 1.23. The summed E-state index contributed by atoms with van der Waals surface area (Å²) < 4.78 is 0. The Morgan fingerprint density at radius 3 is 2.41 bits per heavy atom. The summed E-state index contributed by atoms with van der Waals surface area (Å²) in [6, 6.07) is 25.0. The number of nitrogens with zero attached hydrogens (tertiary/aromatic N) is 2. The maximum Gasteiger partial charge on any atom is 0.256 e. The number of benzene rings is 3. The van der Waals surface area contributed by atoms with E-state index in [2.05, 4.69) is 30.8 Å². The van der Waals surface area contributed by atoms with Gasteiger partial charge >= 0.3 is 0 Å². The Morgan fingerprint density at radius 2 is 1.62 bits per heavy atom. The second-order valence-corrected chi connectivity index (χ2v) is 8.57. The first-order valence-electron chi connectivity index (χ1n) is 11.5. The highest BCUT2D eigenvalue weighted by molar-refractivity contribution is 6.35. The lowest BCUT2D eigenvalue weighted by molar-refractivity contribution is -0.110. The van der Waals surface area contributed by atoms with E-state index < -0.39 is 5.91 Å². The van der Waals surface area contributed by atoms with Crippen LogP contribution in [0.15, 0.2) is 85.1 Å². The number of carbonyl (C=O) groups excluding carboxylic acids is 2. The lowest BCUT2D eigenvalue weighted by Crippen LogP contribution is -2.09. The van der Waals surface area contributed by atoms with Crippen molar-refractivity contribution in [3.63, 3.8) is 0 Å². The number of amides is 2. The van der Waals surface area contributed by atoms with Gasteiger partial charge < -0.3 is 26.3 Å². The summed E-state index contributed by atoms with van der Waals surface area (Å²) in [6.45, 7) is 0. The van der Waals surface area contributed by atoms with Crippen molar-refractivity contribution in [1.29, 1.82) is 0 Å². The SMILES string of the molecule is NC(=O)c1c[nH]c(C=C2C(=O)Nc3cc(Nc4cccc(-c5nnc(-c6ccccc6)[nH]5)c4)ccc32)c1. The highest BCUT2D eigenvalue weighted by Crippen LogP contribution is 2.36. The molecule has 5 aromatic rings. The average Bonchev–Trinajstić information content (AvgIpc) is 3.65. The van der Waals surface area contributed by atoms with E-state index in [-0.39, 0.29) is 5.91 Å². The van der Waals surface area contributed by atoms with Gasteiger partial charge in [-0.25, -0.2) is 0 Å². The van der Waals surface area contributed by atoms with Gasteiger partial charge in [-0.05, 0) is 36.4 Å². The number of H-pyrrole nitrogens is 2. The van der Waals surface area contributed by atoms with Crippen molar-refractivity contribution >= 4 is 40.5 Å². The molecule has 180 valence electrons. The fraction of sp³-hybridized carbons (Fsp3) is 0. The zero-order valence-corrected chi connectivity index (χ0v) is 19.4. The summed E-state index contributed by atoms with van der Waals surface area (Å²) in [5.41, 5.74) is 11.8. The van der Waals surface area contributed by atoms with Gasteiger partial charge in [0.2, 0.25) is 5.91 Å². The molecule has 0 fully saturated rings. The van der Waals surface area contributed by atoms with Crippen LogP contribution in [0.1, 0.15) is 21.6 Å². The van der Waals surface area contributed by atoms with Gasteiger partial charge in [0.1, 0.15) is 0 Å². The molecule has 6 rings (SSSR count). The number of nitrogens with two attached hydrogens (primary N) is 1. The lowest BCUT2D eigenvalue weighted by atomic mass is 10.1. The van der Waals surface area contributed by atoms with Crippen LogP contribution in [0.5, 0.6) is 0 Å². The number of rotatable bonds is 6. The largest absolute Gasteiger partial charge is 0.366 e. The maximum atomic E-state index is 12.6. The second-order valence-electron chi connectivity index (χ2n) is 8.57. The number of primary amides is 1. The highest BCUT2D eigenvalue weighted by atomic mass is 16.2. The average molecular weight is 488 g/mol. The molecule has 3 heterocycles. The molecule has 0 spiro atoms. The zero-order chi connectivity index (χ0) is 25.4. The van der Waals surface area contributed by atoms with Crippen LogP contribution in [0.2, 0.25) is 0 Å². The fourth-order valence-electron chi connectivity index (χ4n) is 4.24. The minimum absolute atomic E-state index is 0.219. The quantitative estimate of drug-likeness (QED) is 0.219. The van der Waals surface area contributed by atoms with Crippen molar-refractivity contribution in [2.24, 2.45) is 5.73 Å². The van der Waals surface area contributed by atoms with Gasteiger partial charge in [-0.2, -0.15) is 0 Å². The normalized spacial score (nSPS) is 13.4. The van der Waals surface area contributed by atoms with Crippen molar-refractivity contribution < 1.29 is 9.59 Å². The van der Waals surface area contributed by atoms with Gasteiger partial charge in [0.25, 0.3) is 5.91 Å². The van der Waals surface area contributed by atoms with E-state index in [0.29, 0.717) is 34.2 Å². The summed E-state index contributed by atoms with van der Waals surface area (Å²) in [5.74, 6) is 0.625. The molecule has 0 saturated heterocycles. The topological polar surface area (TPSA) is 142 Å². The van der Waals surface area contributed by atoms with E-state index in [1.54, 1.807) is 12.1 Å². The predicted octanol–water partition coefficient (Wildman–Crippen LogP) is 4.80. The van der Waals surface area contributed by atoms with Crippen molar-refractivity contribution in [2.75, 3.05) is 10.6 Å². The van der Waals surface area contributed by atoms with E-state index in [1.165, 1.54) is 6.20 Å². The molecular formula is C28H21N7O2. The number of aromatic amines is 2. The number of fused-ring (bicyclic) bond motifs is 1. The predicted molar refractivity (Wildman–Crippen MR) is 143 cm³/mol. The second kappa shape index (κ2) is 8.97. The van der Waals surface area contributed by atoms with Gasteiger partial charge in [0.05, 0.1) is 16.8 Å². The van der Waals surface area contributed by atoms with Gasteiger partial charge in [0, 0.05) is 40.0 Å². The van der Waals surface area contributed by atoms with Crippen molar-refractivity contribution in [3.8, 4) is 22.8 Å². The van der Waals surface area contributed by atoms with Gasteiger partial charge in [0.15, 0.2) is 11.6 Å². The van der Waals surface area contributed by atoms with Crippen LogP contribution in [0, 0.1) is 0 Å². The standard InChI is InChI=1S/C28H21N7O2/c29-25(36)18-12-21(30-15-18)13-23-22-10-9-20(14-24(22)32-28(23)37)31-19-8-4-7-17(11-19)27-33-26(34-35-27)16-5-2-1-3-6-16/h1-15,30-31H,(H2,29,36)(H,32,37)(H,33,34,35). The Labute approximate surface area is 211 Å². The van der Waals surface area contributed by atoms with E-state index in [1.807, 2.05) is 72.8 Å². The van der Waals surface area contributed by atoms with Crippen LogP contribution >= 0.6 is 0 Å². The van der Waals surface area contributed by atoms with Crippen LogP contribution in [-0.4, -0.2) is 32.0 Å². The number of hydrogen-bond donors (Lipinski definition) is 5. The van der Waals surface area contributed by atoms with E-state index in [9.17, 15) is 9.59 Å². The van der Waals surface area contributed by atoms with Crippen LogP contribution in [0.25, 0.3) is 34.4 Å². The number of hydrogen-bond acceptors (Lipinski definition) is 5. The lowest BCUT2D eigenvalue weighted by Gasteiger charge is -2.09. The van der Waals surface area contributed by atoms with E-state index in [4.69, 9.17) is 5.73 Å². The van der Waals surface area contributed by atoms with Crippen molar-refractivity contribution in [3.05, 3.63) is 102 Å². The Kier molecular flexibility index (Phi) is 5.35. The summed E-state index contributed by atoms with van der Waals surface area (Å²) >= 11 is 0. The zero-order valence-electron chi connectivity index (χ0n) is 19.4. The molecule has 0 radical (unpaired) electrons. The molecule has 6 N–H and O–H groups in total. The maximum absolute atomic E-state index is 12.6. The molecule has 2 amide bonds. The molecule has 1 aliphatic heterocycles. The van der Waals surface area contributed by atoms with Crippen LogP contribution < -0.4 is 16.4 Å². The Hall–Kier alpha value is -5.44. The first-order valence-corrected chi connectivity index (χ1v) is 11.5. The van der Waals surface area contributed by atoms with Gasteiger partial charge in [-0.1, -0.05) is 48.5 Å². The summed E-state index contributed by atoms with van der Waals surface area (Å²) in [5, 5.41) is 14.9. The summed E-state index contributed by atoms with van der Waals surface area (Å²) in [6.07, 6.45) is 3.22. The third-order valence-corrected chi connectivity index (χ3v) is 6.05. The molecule has 9 nitrogen and oxygen atoms in total.